The molecule has 0 aliphatic carbocycles. The van der Waals surface area contributed by atoms with Crippen molar-refractivity contribution in [2.24, 2.45) is 0 Å². The van der Waals surface area contributed by atoms with Gasteiger partial charge in [0.2, 0.25) is 5.95 Å². The summed E-state index contributed by atoms with van der Waals surface area (Å²) in [5.74, 6) is 0.560. The molecule has 12 rings (SSSR count). The molecule has 0 atom stereocenters. The zero-order chi connectivity index (χ0) is 34.8. The minimum atomic E-state index is -0.103. The molecule has 0 N–H and O–H groups in total. The number of pyridine rings is 2. The Morgan fingerprint density at radius 2 is 1.00 bits per heavy atom. The number of imidazole rings is 1. The van der Waals surface area contributed by atoms with Crippen molar-refractivity contribution < 1.29 is 0 Å². The van der Waals surface area contributed by atoms with Crippen molar-refractivity contribution in [1.82, 2.24) is 18.9 Å². The van der Waals surface area contributed by atoms with E-state index in [9.17, 15) is 0 Å². The first-order valence-corrected chi connectivity index (χ1v) is 18.5. The molecule has 0 aliphatic rings. The van der Waals surface area contributed by atoms with Crippen LogP contribution >= 0.6 is 11.3 Å². The fourth-order valence-corrected chi connectivity index (χ4v) is 9.94. The number of aromatic nitrogens is 4. The third-order valence-electron chi connectivity index (χ3n) is 10.9. The maximum absolute atomic E-state index is 15.1. The molecule has 0 bridgehead atoms. The van der Waals surface area contributed by atoms with Gasteiger partial charge in [0.05, 0.1) is 32.6 Å². The van der Waals surface area contributed by atoms with Crippen molar-refractivity contribution in [3.8, 4) is 28.5 Å². The zero-order valence-electron chi connectivity index (χ0n) is 28.1. The van der Waals surface area contributed by atoms with Gasteiger partial charge in [-0.05, 0) is 34.4 Å². The minimum absolute atomic E-state index is 0.103. The molecule has 0 saturated carbocycles. The molecular formula is C47H26N4OS. The lowest BCUT2D eigenvalue weighted by Crippen LogP contribution is -2.17. The molecule has 246 valence electrons. The lowest BCUT2D eigenvalue weighted by molar-refractivity contribution is 0.972. The van der Waals surface area contributed by atoms with Crippen LogP contribution < -0.4 is 5.56 Å². The summed E-state index contributed by atoms with van der Waals surface area (Å²) in [6, 6.07) is 54.3. The van der Waals surface area contributed by atoms with E-state index in [0.29, 0.717) is 16.9 Å². The maximum atomic E-state index is 15.1. The molecule has 0 spiro atoms. The van der Waals surface area contributed by atoms with Gasteiger partial charge in [-0.25, -0.2) is 14.4 Å². The molecule has 5 aromatic heterocycles. The number of para-hydroxylation sites is 1. The smallest absolute Gasteiger partial charge is 0.265 e. The fraction of sp³-hybridized carbons (Fsp3) is 0. The van der Waals surface area contributed by atoms with E-state index in [1.807, 2.05) is 65.1 Å². The van der Waals surface area contributed by atoms with Gasteiger partial charge in [-0.3, -0.25) is 9.36 Å². The minimum Gasteiger partial charge on any atom is -0.277 e. The average molecular weight is 695 g/mol. The summed E-state index contributed by atoms with van der Waals surface area (Å²) in [5.41, 5.74) is 6.91. The van der Waals surface area contributed by atoms with Crippen LogP contribution in [0.1, 0.15) is 0 Å². The first-order valence-electron chi connectivity index (χ1n) is 17.7. The van der Waals surface area contributed by atoms with Gasteiger partial charge in [0.1, 0.15) is 5.52 Å². The third-order valence-corrected chi connectivity index (χ3v) is 12.0. The highest BCUT2D eigenvalue weighted by Gasteiger charge is 2.29. The van der Waals surface area contributed by atoms with Gasteiger partial charge < -0.3 is 0 Å². The largest absolute Gasteiger partial charge is 0.277 e. The average Bonchev–Trinajstić information content (AvgIpc) is 3.91. The fourth-order valence-electron chi connectivity index (χ4n) is 8.68. The summed E-state index contributed by atoms with van der Waals surface area (Å²) in [6.45, 7) is 0. The number of hydrogen-bond acceptors (Lipinski definition) is 4. The van der Waals surface area contributed by atoms with Crippen LogP contribution in [0.15, 0.2) is 163 Å². The third kappa shape index (κ3) is 3.77. The second-order valence-corrected chi connectivity index (χ2v) is 14.7. The van der Waals surface area contributed by atoms with Crippen LogP contribution in [0, 0.1) is 0 Å². The van der Waals surface area contributed by atoms with Gasteiger partial charge in [-0.2, -0.15) is 0 Å². The predicted molar refractivity (Wildman–Crippen MR) is 221 cm³/mol. The highest BCUT2D eigenvalue weighted by molar-refractivity contribution is 7.27. The quantitative estimate of drug-likeness (QED) is 0.173. The highest BCUT2D eigenvalue weighted by atomic mass is 32.1. The van der Waals surface area contributed by atoms with Crippen LogP contribution in [-0.4, -0.2) is 18.9 Å². The second kappa shape index (κ2) is 10.6. The Hall–Kier alpha value is -6.89. The van der Waals surface area contributed by atoms with Crippen LogP contribution in [0.2, 0.25) is 0 Å². The van der Waals surface area contributed by atoms with E-state index in [0.717, 1.165) is 60.6 Å². The van der Waals surface area contributed by atoms with Crippen molar-refractivity contribution in [2.45, 2.75) is 0 Å². The first kappa shape index (κ1) is 28.8. The number of benzene rings is 7. The molecule has 0 amide bonds. The van der Waals surface area contributed by atoms with Gasteiger partial charge in [-0.1, -0.05) is 140 Å². The lowest BCUT2D eigenvalue weighted by Gasteiger charge is -2.14. The Morgan fingerprint density at radius 3 is 1.72 bits per heavy atom. The number of fused-ring (bicyclic) bond motifs is 12. The summed E-state index contributed by atoms with van der Waals surface area (Å²) in [4.78, 5) is 26.2. The van der Waals surface area contributed by atoms with Gasteiger partial charge in [-0.15, -0.1) is 11.3 Å². The van der Waals surface area contributed by atoms with Gasteiger partial charge >= 0.3 is 0 Å². The number of rotatable bonds is 3. The number of nitrogens with zero attached hydrogens (tertiary/aromatic N) is 4. The molecule has 53 heavy (non-hydrogen) atoms. The van der Waals surface area contributed by atoms with Crippen molar-refractivity contribution in [3.63, 3.8) is 0 Å². The predicted octanol–water partition coefficient (Wildman–Crippen LogP) is 11.8. The lowest BCUT2D eigenvalue weighted by atomic mass is 9.98. The number of thiophene rings is 1. The normalized spacial score (nSPS) is 12.2. The van der Waals surface area contributed by atoms with E-state index in [2.05, 4.69) is 102 Å². The summed E-state index contributed by atoms with van der Waals surface area (Å²) >= 11 is 1.80. The van der Waals surface area contributed by atoms with Crippen molar-refractivity contribution in [3.05, 3.63) is 168 Å². The molecule has 0 saturated heterocycles. The van der Waals surface area contributed by atoms with Crippen molar-refractivity contribution in [2.75, 3.05) is 0 Å². The molecule has 0 radical (unpaired) electrons. The molecule has 5 nitrogen and oxygen atoms in total. The summed E-state index contributed by atoms with van der Waals surface area (Å²) in [5, 5.41) is 9.54. The molecule has 0 aliphatic heterocycles. The molecule has 0 unspecified atom stereocenters. The topological polar surface area (TPSA) is 52.2 Å². The SMILES string of the molecule is O=c1c2ccccc2c2c(-c3ccccc3)nc(-c3ccccc3)c3nc(-n4c5ccccc5c5c6ccccc6c6c7ccccc7sc6c54)n1c32. The summed E-state index contributed by atoms with van der Waals surface area (Å²) in [6.07, 6.45) is 0. The van der Waals surface area contributed by atoms with Crippen LogP contribution in [0.4, 0.5) is 0 Å². The van der Waals surface area contributed by atoms with Crippen LogP contribution in [0.5, 0.6) is 0 Å². The van der Waals surface area contributed by atoms with E-state index in [1.165, 1.54) is 30.9 Å². The van der Waals surface area contributed by atoms with E-state index in [1.54, 1.807) is 11.3 Å². The Balaban J connectivity index is 1.37. The molecular weight excluding hydrogens is 669 g/mol. The Labute approximate surface area is 305 Å². The molecule has 0 fully saturated rings. The molecule has 12 aromatic rings. The van der Waals surface area contributed by atoms with E-state index in [-0.39, 0.29) is 5.56 Å². The highest BCUT2D eigenvalue weighted by Crippen LogP contribution is 2.48. The van der Waals surface area contributed by atoms with Crippen LogP contribution in [-0.2, 0) is 0 Å². The Bertz CT molecular complexity index is 3530. The van der Waals surface area contributed by atoms with Gasteiger partial charge in [0.15, 0.2) is 0 Å². The van der Waals surface area contributed by atoms with E-state index < -0.39 is 0 Å². The monoisotopic (exact) mass is 694 g/mol. The first-order chi connectivity index (χ1) is 26.3. The summed E-state index contributed by atoms with van der Waals surface area (Å²) < 4.78 is 6.52. The maximum Gasteiger partial charge on any atom is 0.265 e. The molecule has 7 aromatic carbocycles. The zero-order valence-corrected chi connectivity index (χ0v) is 28.9. The number of hydrogen-bond donors (Lipinski definition) is 0. The van der Waals surface area contributed by atoms with Crippen molar-refractivity contribution >= 4 is 91.3 Å². The Kier molecular flexibility index (Phi) is 5.74. The Morgan fingerprint density at radius 1 is 0.453 bits per heavy atom. The molecule has 5 heterocycles. The second-order valence-electron chi connectivity index (χ2n) is 13.6. The van der Waals surface area contributed by atoms with E-state index >= 15 is 4.79 Å². The van der Waals surface area contributed by atoms with E-state index in [4.69, 9.17) is 9.97 Å². The van der Waals surface area contributed by atoms with Crippen LogP contribution in [0.3, 0.4) is 0 Å². The van der Waals surface area contributed by atoms with Gasteiger partial charge in [0, 0.05) is 48.1 Å². The standard InChI is InChI=1S/C47H26N4OS/c52-46-32-22-10-9-21-31(32)39-40(27-15-3-1-4-16-27)48-41(28-17-5-2-6-18-28)42-43(39)51(46)47(49-42)50-35-25-13-11-23-33(35)37-29-19-7-8-20-30(29)38-34-24-12-14-26-36(34)53-45(38)44(37)50/h1-26H. The summed E-state index contributed by atoms with van der Waals surface area (Å²) in [7, 11) is 0. The van der Waals surface area contributed by atoms with Gasteiger partial charge in [0.25, 0.3) is 5.56 Å². The van der Waals surface area contributed by atoms with Crippen molar-refractivity contribution in [1.29, 1.82) is 0 Å². The van der Waals surface area contributed by atoms with Crippen LogP contribution in [0.25, 0.3) is 108 Å². The molecule has 6 heteroatoms.